The van der Waals surface area contributed by atoms with Crippen LogP contribution in [0, 0.1) is 0 Å². The van der Waals surface area contributed by atoms with Crippen molar-refractivity contribution in [3.05, 3.63) is 60.4 Å². The fourth-order valence-electron chi connectivity index (χ4n) is 5.58. The monoisotopic (exact) mass is 631 g/mol. The number of halogens is 3. The SMILES string of the molecule is Clc1nc(Cl)c2c3c(sc2n1)CCCC3.Clc1nc(NCc2ccc3c(c2)OCO3)c2c3c(sc2n1)CCCC3. The van der Waals surface area contributed by atoms with Crippen molar-refractivity contribution in [2.45, 2.75) is 57.9 Å². The molecule has 1 aliphatic heterocycles. The second-order valence-corrected chi connectivity index (χ2v) is 13.1. The van der Waals surface area contributed by atoms with Crippen molar-refractivity contribution in [3.63, 3.8) is 0 Å². The Hall–Kier alpha value is -2.43. The molecule has 2 aliphatic carbocycles. The molecule has 8 rings (SSSR count). The molecule has 0 spiro atoms. The zero-order valence-corrected chi connectivity index (χ0v) is 25.3. The molecule has 206 valence electrons. The average Bonchev–Trinajstić information content (AvgIpc) is 3.66. The molecule has 4 aromatic heterocycles. The van der Waals surface area contributed by atoms with E-state index in [0.29, 0.717) is 17.0 Å². The van der Waals surface area contributed by atoms with E-state index in [1.54, 1.807) is 22.7 Å². The lowest BCUT2D eigenvalue weighted by Gasteiger charge is -2.13. The van der Waals surface area contributed by atoms with Crippen LogP contribution in [0.1, 0.15) is 52.1 Å². The molecule has 0 saturated heterocycles. The van der Waals surface area contributed by atoms with Crippen molar-refractivity contribution < 1.29 is 9.47 Å². The van der Waals surface area contributed by atoms with Gasteiger partial charge in [-0.1, -0.05) is 17.7 Å². The highest BCUT2D eigenvalue weighted by atomic mass is 35.5. The maximum atomic E-state index is 6.15. The Labute approximate surface area is 253 Å². The number of hydrogen-bond donors (Lipinski definition) is 1. The fourth-order valence-corrected chi connectivity index (χ4v) is 8.93. The summed E-state index contributed by atoms with van der Waals surface area (Å²) in [7, 11) is 0. The highest BCUT2D eigenvalue weighted by Crippen LogP contribution is 2.40. The van der Waals surface area contributed by atoms with E-state index in [4.69, 9.17) is 44.3 Å². The second kappa shape index (κ2) is 11.1. The Balaban J connectivity index is 0.000000150. The van der Waals surface area contributed by atoms with Crippen molar-refractivity contribution in [3.8, 4) is 11.5 Å². The first-order valence-electron chi connectivity index (χ1n) is 13.3. The summed E-state index contributed by atoms with van der Waals surface area (Å²) in [4.78, 5) is 21.9. The van der Waals surface area contributed by atoms with Crippen LogP contribution in [0.25, 0.3) is 20.4 Å². The third-order valence-corrected chi connectivity index (χ3v) is 10.4. The highest BCUT2D eigenvalue weighted by molar-refractivity contribution is 7.19. The summed E-state index contributed by atoms with van der Waals surface area (Å²) < 4.78 is 10.8. The number of rotatable bonds is 3. The normalized spacial score (nSPS) is 15.5. The minimum atomic E-state index is 0.242. The minimum absolute atomic E-state index is 0.242. The van der Waals surface area contributed by atoms with Gasteiger partial charge in [0.2, 0.25) is 17.4 Å². The summed E-state index contributed by atoms with van der Waals surface area (Å²) in [5.41, 5.74) is 3.86. The maximum absolute atomic E-state index is 6.15. The van der Waals surface area contributed by atoms with Crippen molar-refractivity contribution >= 4 is 83.7 Å². The van der Waals surface area contributed by atoms with Crippen LogP contribution in [-0.4, -0.2) is 26.7 Å². The van der Waals surface area contributed by atoms with E-state index in [-0.39, 0.29) is 12.1 Å². The van der Waals surface area contributed by atoms with Crippen LogP contribution < -0.4 is 14.8 Å². The first kappa shape index (κ1) is 26.5. The van der Waals surface area contributed by atoms with Crippen LogP contribution in [-0.2, 0) is 32.2 Å². The van der Waals surface area contributed by atoms with Crippen LogP contribution >= 0.6 is 57.5 Å². The summed E-state index contributed by atoms with van der Waals surface area (Å²) in [6.45, 7) is 0.930. The molecule has 0 unspecified atom stereocenters. The average molecular weight is 633 g/mol. The third kappa shape index (κ3) is 5.07. The van der Waals surface area contributed by atoms with Gasteiger partial charge in [0, 0.05) is 16.3 Å². The van der Waals surface area contributed by atoms with Gasteiger partial charge in [0.1, 0.15) is 20.6 Å². The number of fused-ring (bicyclic) bond motifs is 7. The smallest absolute Gasteiger partial charge is 0.231 e. The van der Waals surface area contributed by atoms with Gasteiger partial charge in [-0.15, -0.1) is 22.7 Å². The summed E-state index contributed by atoms with van der Waals surface area (Å²) in [5.74, 6) is 2.41. The minimum Gasteiger partial charge on any atom is -0.454 e. The van der Waals surface area contributed by atoms with Gasteiger partial charge < -0.3 is 14.8 Å². The predicted octanol–water partition coefficient (Wildman–Crippen LogP) is 8.44. The van der Waals surface area contributed by atoms with Crippen LogP contribution in [0.5, 0.6) is 11.5 Å². The van der Waals surface area contributed by atoms with E-state index in [0.717, 1.165) is 69.0 Å². The molecular weight excluding hydrogens is 609 g/mol. The number of ether oxygens (including phenoxy) is 2. The zero-order valence-electron chi connectivity index (χ0n) is 21.4. The molecule has 7 nitrogen and oxygen atoms in total. The van der Waals surface area contributed by atoms with E-state index in [1.807, 2.05) is 18.2 Å². The van der Waals surface area contributed by atoms with Crippen LogP contribution in [0.2, 0.25) is 15.7 Å². The first-order valence-corrected chi connectivity index (χ1v) is 16.0. The number of aryl methyl sites for hydroxylation is 4. The fraction of sp³-hybridized carbons (Fsp3) is 0.357. The van der Waals surface area contributed by atoms with Gasteiger partial charge in [-0.25, -0.2) is 19.9 Å². The Morgan fingerprint density at radius 1 is 0.725 bits per heavy atom. The molecule has 0 radical (unpaired) electrons. The predicted molar refractivity (Wildman–Crippen MR) is 163 cm³/mol. The molecule has 5 heterocycles. The number of hydrogen-bond acceptors (Lipinski definition) is 9. The molecule has 1 aromatic carbocycles. The van der Waals surface area contributed by atoms with Crippen molar-refractivity contribution in [1.29, 1.82) is 0 Å². The van der Waals surface area contributed by atoms with E-state index in [9.17, 15) is 0 Å². The van der Waals surface area contributed by atoms with Crippen LogP contribution in [0.15, 0.2) is 18.2 Å². The van der Waals surface area contributed by atoms with Gasteiger partial charge in [-0.05, 0) is 103 Å². The number of benzene rings is 1. The van der Waals surface area contributed by atoms with Gasteiger partial charge in [0.25, 0.3) is 0 Å². The molecule has 1 N–H and O–H groups in total. The van der Waals surface area contributed by atoms with Crippen molar-refractivity contribution in [2.24, 2.45) is 0 Å². The molecule has 12 heteroatoms. The standard InChI is InChI=1S/C18H16ClN3O2S.C10H8Cl2N2S/c19-18-21-16(15-11-3-1-2-4-14(11)25-17(15)22-18)20-8-10-5-6-12-13(7-10)24-9-23-12;11-8-7-5-3-1-2-4-6(5)15-9(7)14-10(12)13-8/h5-7H,1-4,8-9H2,(H,20,21,22);1-4H2. The number of anilines is 1. The van der Waals surface area contributed by atoms with Crippen molar-refractivity contribution in [1.82, 2.24) is 19.9 Å². The van der Waals surface area contributed by atoms with Crippen molar-refractivity contribution in [2.75, 3.05) is 12.1 Å². The van der Waals surface area contributed by atoms with Gasteiger partial charge in [0.15, 0.2) is 11.5 Å². The number of thiophene rings is 2. The second-order valence-electron chi connectivity index (χ2n) is 9.95. The van der Waals surface area contributed by atoms with Gasteiger partial charge in [-0.3, -0.25) is 0 Å². The van der Waals surface area contributed by atoms with Gasteiger partial charge in [-0.2, -0.15) is 0 Å². The molecule has 0 fully saturated rings. The Kier molecular flexibility index (Phi) is 7.34. The lowest BCUT2D eigenvalue weighted by Crippen LogP contribution is -2.05. The van der Waals surface area contributed by atoms with Crippen LogP contribution in [0.4, 0.5) is 5.82 Å². The largest absolute Gasteiger partial charge is 0.454 e. The molecule has 0 bridgehead atoms. The van der Waals surface area contributed by atoms with Gasteiger partial charge in [0.05, 0.1) is 10.8 Å². The summed E-state index contributed by atoms with van der Waals surface area (Å²) in [6.07, 6.45) is 9.44. The van der Waals surface area contributed by atoms with E-state index < -0.39 is 0 Å². The number of nitrogens with zero attached hydrogens (tertiary/aromatic N) is 4. The summed E-state index contributed by atoms with van der Waals surface area (Å²) in [5, 5.41) is 6.66. The lowest BCUT2D eigenvalue weighted by molar-refractivity contribution is 0.174. The number of aromatic nitrogens is 4. The Bertz CT molecular complexity index is 1760. The highest BCUT2D eigenvalue weighted by Gasteiger charge is 2.22. The summed E-state index contributed by atoms with van der Waals surface area (Å²) >= 11 is 21.5. The molecule has 5 aromatic rings. The molecular formula is C28H24Cl3N5O2S2. The third-order valence-electron chi connectivity index (χ3n) is 7.43. The van der Waals surface area contributed by atoms with E-state index >= 15 is 0 Å². The van der Waals surface area contributed by atoms with Crippen LogP contribution in [0.3, 0.4) is 0 Å². The Morgan fingerprint density at radius 3 is 2.10 bits per heavy atom. The first-order chi connectivity index (χ1) is 19.5. The topological polar surface area (TPSA) is 82.1 Å². The molecule has 40 heavy (non-hydrogen) atoms. The van der Waals surface area contributed by atoms with E-state index in [2.05, 4.69) is 25.3 Å². The zero-order chi connectivity index (χ0) is 27.2. The van der Waals surface area contributed by atoms with Gasteiger partial charge >= 0.3 is 0 Å². The molecule has 0 atom stereocenters. The maximum Gasteiger partial charge on any atom is 0.231 e. The lowest BCUT2D eigenvalue weighted by atomic mass is 9.97. The molecule has 0 saturated carbocycles. The van der Waals surface area contributed by atoms with E-state index in [1.165, 1.54) is 46.6 Å². The summed E-state index contributed by atoms with van der Waals surface area (Å²) in [6, 6.07) is 5.97. The number of nitrogens with one attached hydrogen (secondary N) is 1. The Morgan fingerprint density at radius 2 is 1.35 bits per heavy atom. The molecule has 3 aliphatic rings. The quantitative estimate of drug-likeness (QED) is 0.158. The molecule has 0 amide bonds.